The lowest BCUT2D eigenvalue weighted by molar-refractivity contribution is -0.114. The fraction of sp³-hybridized carbons (Fsp3) is 0.0625. The Morgan fingerprint density at radius 2 is 2.14 bits per heavy atom. The van der Waals surface area contributed by atoms with Crippen LogP contribution in [0.2, 0.25) is 0 Å². The van der Waals surface area contributed by atoms with Gasteiger partial charge in [-0.1, -0.05) is 12.1 Å². The Kier molecular flexibility index (Phi) is 3.49. The number of carbonyl (C=O) groups is 1. The summed E-state index contributed by atoms with van der Waals surface area (Å²) in [5, 5.41) is 10.2. The van der Waals surface area contributed by atoms with Crippen molar-refractivity contribution in [3.63, 3.8) is 0 Å². The van der Waals surface area contributed by atoms with E-state index in [0.717, 1.165) is 10.2 Å². The molecule has 2 N–H and O–H groups in total. The summed E-state index contributed by atoms with van der Waals surface area (Å²) < 4.78 is 1.03. The fourth-order valence-corrected chi connectivity index (χ4v) is 3.18. The summed E-state index contributed by atoms with van der Waals surface area (Å²) in [6.45, 7) is 0. The van der Waals surface area contributed by atoms with Gasteiger partial charge in [-0.05, 0) is 24.3 Å². The first-order chi connectivity index (χ1) is 10.6. The third kappa shape index (κ3) is 2.38. The molecule has 1 amide bonds. The number of thiazole rings is 1. The second-order valence-electron chi connectivity index (χ2n) is 4.75. The molecule has 6 heteroatoms. The van der Waals surface area contributed by atoms with Crippen LogP contribution in [0.25, 0.3) is 15.8 Å². The van der Waals surface area contributed by atoms with Crippen LogP contribution in [0.4, 0.5) is 0 Å². The molecule has 0 saturated heterocycles. The first kappa shape index (κ1) is 14.0. The molecule has 1 aliphatic rings. The van der Waals surface area contributed by atoms with Gasteiger partial charge in [-0.15, -0.1) is 11.3 Å². The Morgan fingerprint density at radius 1 is 1.36 bits per heavy atom. The summed E-state index contributed by atoms with van der Waals surface area (Å²) in [4.78, 5) is 17.4. The van der Waals surface area contributed by atoms with E-state index in [9.17, 15) is 10.1 Å². The zero-order valence-corrected chi connectivity index (χ0v) is 12.6. The van der Waals surface area contributed by atoms with E-state index in [1.54, 1.807) is 30.3 Å². The first-order valence-corrected chi connectivity index (χ1v) is 7.34. The van der Waals surface area contributed by atoms with Crippen molar-refractivity contribution in [3.8, 4) is 6.07 Å². The van der Waals surface area contributed by atoms with Gasteiger partial charge in [0.2, 0.25) is 5.91 Å². The molecule has 1 aliphatic heterocycles. The molecule has 0 spiro atoms. The zero-order valence-electron chi connectivity index (χ0n) is 11.8. The van der Waals surface area contributed by atoms with Crippen LogP contribution in [-0.4, -0.2) is 22.8 Å². The van der Waals surface area contributed by atoms with Crippen molar-refractivity contribution in [2.45, 2.75) is 0 Å². The Labute approximate surface area is 131 Å². The second kappa shape index (κ2) is 5.47. The number of benzene rings is 1. The number of hydrogen-bond donors (Lipinski definition) is 1. The van der Waals surface area contributed by atoms with Gasteiger partial charge in [0, 0.05) is 13.2 Å². The van der Waals surface area contributed by atoms with Gasteiger partial charge in [0.15, 0.2) is 0 Å². The van der Waals surface area contributed by atoms with Gasteiger partial charge in [0.05, 0.1) is 21.5 Å². The molecule has 1 aromatic carbocycles. The largest absolute Gasteiger partial charge is 0.366 e. The molecule has 0 aliphatic carbocycles. The highest BCUT2D eigenvalue weighted by atomic mass is 32.1. The van der Waals surface area contributed by atoms with Gasteiger partial charge < -0.3 is 10.6 Å². The molecule has 3 rings (SSSR count). The number of amides is 1. The van der Waals surface area contributed by atoms with Crippen LogP contribution in [0, 0.1) is 11.3 Å². The standard InChI is InChI=1S/C16H12N4OS/c1-20-9-10(15(18)21)6-7-13(20)11(8-17)16-19-12-4-2-3-5-14(12)22-16/h2-7,9H,1H3,(H2,18,21)/b13-11+. The number of fused-ring (bicyclic) bond motifs is 1. The van der Waals surface area contributed by atoms with Crippen molar-refractivity contribution in [2.24, 2.45) is 5.73 Å². The monoisotopic (exact) mass is 308 g/mol. The maximum absolute atomic E-state index is 11.2. The van der Waals surface area contributed by atoms with Gasteiger partial charge >= 0.3 is 0 Å². The highest BCUT2D eigenvalue weighted by Crippen LogP contribution is 2.31. The average molecular weight is 308 g/mol. The minimum absolute atomic E-state index is 0.396. The first-order valence-electron chi connectivity index (χ1n) is 6.53. The fourth-order valence-electron chi connectivity index (χ4n) is 2.21. The second-order valence-corrected chi connectivity index (χ2v) is 5.78. The number of hydrogen-bond acceptors (Lipinski definition) is 5. The number of likely N-dealkylation sites (N-methyl/N-ethyl adjacent to an activating group) is 1. The predicted octanol–water partition coefficient (Wildman–Crippen LogP) is 2.40. The molecular formula is C16H12N4OS. The Balaban J connectivity index is 2.10. The molecule has 0 atom stereocenters. The molecule has 5 nitrogen and oxygen atoms in total. The lowest BCUT2D eigenvalue weighted by atomic mass is 10.1. The third-order valence-electron chi connectivity index (χ3n) is 3.29. The van der Waals surface area contributed by atoms with Crippen LogP contribution < -0.4 is 5.73 Å². The highest BCUT2D eigenvalue weighted by Gasteiger charge is 2.18. The summed E-state index contributed by atoms with van der Waals surface area (Å²) in [5.41, 5.74) is 7.69. The Bertz CT molecular complexity index is 865. The molecule has 1 aromatic heterocycles. The highest BCUT2D eigenvalue weighted by molar-refractivity contribution is 7.19. The molecule has 0 bridgehead atoms. The van der Waals surface area contributed by atoms with Gasteiger partial charge in [0.1, 0.15) is 16.6 Å². The van der Waals surface area contributed by atoms with Gasteiger partial charge in [-0.2, -0.15) is 5.26 Å². The average Bonchev–Trinajstić information content (AvgIpc) is 2.93. The molecule has 0 unspecified atom stereocenters. The van der Waals surface area contributed by atoms with Gasteiger partial charge in [-0.3, -0.25) is 4.79 Å². The number of allylic oxidation sites excluding steroid dienone is 2. The number of nitriles is 1. The maximum Gasteiger partial charge on any atom is 0.250 e. The van der Waals surface area contributed by atoms with Crippen LogP contribution in [0.1, 0.15) is 5.01 Å². The quantitative estimate of drug-likeness (QED) is 0.864. The van der Waals surface area contributed by atoms with E-state index in [4.69, 9.17) is 5.73 Å². The normalized spacial score (nSPS) is 16.4. The van der Waals surface area contributed by atoms with Crippen molar-refractivity contribution >= 4 is 33.0 Å². The SMILES string of the molecule is CN1C=C(C(N)=O)C=C/C1=C(/C#N)c1nc2ccccc2s1. The van der Waals surface area contributed by atoms with E-state index in [2.05, 4.69) is 11.1 Å². The van der Waals surface area contributed by atoms with Crippen LogP contribution in [-0.2, 0) is 4.79 Å². The number of primary amides is 1. The van der Waals surface area contributed by atoms with E-state index < -0.39 is 5.91 Å². The summed E-state index contributed by atoms with van der Waals surface area (Å²) >= 11 is 1.47. The third-order valence-corrected chi connectivity index (χ3v) is 4.35. The molecule has 108 valence electrons. The van der Waals surface area contributed by atoms with Gasteiger partial charge in [0.25, 0.3) is 0 Å². The predicted molar refractivity (Wildman–Crippen MR) is 86.3 cm³/mol. The lowest BCUT2D eigenvalue weighted by Gasteiger charge is -2.21. The van der Waals surface area contributed by atoms with Crippen LogP contribution in [0.5, 0.6) is 0 Å². The van der Waals surface area contributed by atoms with Gasteiger partial charge in [-0.25, -0.2) is 4.98 Å². The van der Waals surface area contributed by atoms with Crippen molar-refractivity contribution in [1.82, 2.24) is 9.88 Å². The van der Waals surface area contributed by atoms with E-state index in [1.807, 2.05) is 24.3 Å². The maximum atomic E-state index is 11.2. The van der Waals surface area contributed by atoms with Crippen LogP contribution in [0.3, 0.4) is 0 Å². The Morgan fingerprint density at radius 3 is 2.77 bits per heavy atom. The molecule has 0 radical (unpaired) electrons. The van der Waals surface area contributed by atoms with Crippen molar-refractivity contribution in [3.05, 3.63) is 58.9 Å². The number of nitrogens with two attached hydrogens (primary N) is 1. The van der Waals surface area contributed by atoms with Crippen molar-refractivity contribution in [2.75, 3.05) is 7.05 Å². The molecule has 22 heavy (non-hydrogen) atoms. The van der Waals surface area contributed by atoms with E-state index in [-0.39, 0.29) is 0 Å². The number of carbonyl (C=O) groups excluding carboxylic acids is 1. The number of nitrogens with zero attached hydrogens (tertiary/aromatic N) is 3. The Hall–Kier alpha value is -2.91. The number of aromatic nitrogens is 1. The minimum atomic E-state index is -0.499. The lowest BCUT2D eigenvalue weighted by Crippen LogP contribution is -2.21. The van der Waals surface area contributed by atoms with Crippen molar-refractivity contribution in [1.29, 1.82) is 5.26 Å². The molecule has 0 fully saturated rings. The number of rotatable bonds is 2. The summed E-state index contributed by atoms with van der Waals surface area (Å²) in [6.07, 6.45) is 4.94. The topological polar surface area (TPSA) is 83.0 Å². The van der Waals surface area contributed by atoms with Crippen LogP contribution in [0.15, 0.2) is 53.9 Å². The van der Waals surface area contributed by atoms with E-state index >= 15 is 0 Å². The minimum Gasteiger partial charge on any atom is -0.366 e. The molecule has 2 aromatic rings. The molecular weight excluding hydrogens is 296 g/mol. The molecule has 2 heterocycles. The molecule has 0 saturated carbocycles. The van der Waals surface area contributed by atoms with Crippen molar-refractivity contribution < 1.29 is 4.79 Å². The summed E-state index contributed by atoms with van der Waals surface area (Å²) in [7, 11) is 1.77. The van der Waals surface area contributed by atoms with Crippen LogP contribution >= 0.6 is 11.3 Å². The summed E-state index contributed by atoms with van der Waals surface area (Å²) in [6, 6.07) is 9.96. The van der Waals surface area contributed by atoms with E-state index in [1.165, 1.54) is 11.3 Å². The zero-order chi connectivity index (χ0) is 15.7. The smallest absolute Gasteiger partial charge is 0.250 e. The number of para-hydroxylation sites is 1. The van der Waals surface area contributed by atoms with E-state index in [0.29, 0.717) is 21.9 Å². The summed E-state index contributed by atoms with van der Waals surface area (Å²) in [5.74, 6) is -0.499.